The smallest absolute Gasteiger partial charge is 0.0851 e. The summed E-state index contributed by atoms with van der Waals surface area (Å²) < 4.78 is 27.4. The van der Waals surface area contributed by atoms with Gasteiger partial charge >= 0.3 is 0 Å². The fourth-order valence-corrected chi connectivity index (χ4v) is 12.7. The maximum atomic E-state index is 13.7. The van der Waals surface area contributed by atoms with Crippen molar-refractivity contribution < 1.29 is 9.13 Å². The first-order valence-corrected chi connectivity index (χ1v) is 16.8. The predicted octanol–water partition coefficient (Wildman–Crippen LogP) is 7.36. The Balaban J connectivity index is 1.93. The van der Waals surface area contributed by atoms with Crippen LogP contribution in [-0.2, 0) is 9.13 Å². The van der Waals surface area contributed by atoms with Gasteiger partial charge in [0.25, 0.3) is 0 Å². The van der Waals surface area contributed by atoms with Gasteiger partial charge in [0, 0.05) is 24.6 Å². The van der Waals surface area contributed by atoms with E-state index in [-0.39, 0.29) is 10.8 Å². The third-order valence-electron chi connectivity index (χ3n) is 9.89. The third kappa shape index (κ3) is 4.40. The zero-order valence-electron chi connectivity index (χ0n) is 19.8. The molecule has 1 heterocycles. The largest absolute Gasteiger partial charge is 0.324 e. The van der Waals surface area contributed by atoms with Gasteiger partial charge in [0.2, 0.25) is 0 Å². The van der Waals surface area contributed by atoms with Gasteiger partial charge in [-0.05, 0) is 85.4 Å². The Morgan fingerprint density at radius 2 is 1.29 bits per heavy atom. The number of rotatable bonds is 0. The van der Waals surface area contributed by atoms with E-state index in [0.717, 1.165) is 37.5 Å². The van der Waals surface area contributed by atoms with Crippen molar-refractivity contribution in [2.45, 2.75) is 67.2 Å². The maximum absolute atomic E-state index is 13.7. The van der Waals surface area contributed by atoms with Gasteiger partial charge in [0.05, 0.1) is 14.3 Å². The zero-order chi connectivity index (χ0) is 21.1. The molecule has 3 aliphatic rings. The van der Waals surface area contributed by atoms with E-state index in [0.29, 0.717) is 35.5 Å². The molecule has 0 aromatic carbocycles. The van der Waals surface area contributed by atoms with Gasteiger partial charge in [0.1, 0.15) is 0 Å². The van der Waals surface area contributed by atoms with Crippen molar-refractivity contribution >= 4 is 14.3 Å². The molecule has 0 aromatic heterocycles. The highest BCUT2D eigenvalue weighted by atomic mass is 31.2. The van der Waals surface area contributed by atoms with E-state index in [2.05, 4.69) is 54.9 Å². The summed E-state index contributed by atoms with van der Waals surface area (Å²) in [6, 6.07) is 0. The van der Waals surface area contributed by atoms with Crippen LogP contribution in [0.15, 0.2) is 0 Å². The van der Waals surface area contributed by atoms with Gasteiger partial charge < -0.3 is 9.13 Å². The van der Waals surface area contributed by atoms with E-state index in [1.165, 1.54) is 12.8 Å². The summed E-state index contributed by atoms with van der Waals surface area (Å²) in [6.45, 7) is 18.6. The lowest BCUT2D eigenvalue weighted by Crippen LogP contribution is -2.30. The number of hydrogen-bond donors (Lipinski definition) is 0. The van der Waals surface area contributed by atoms with E-state index in [1.807, 2.05) is 0 Å². The van der Waals surface area contributed by atoms with Crippen LogP contribution in [0.25, 0.3) is 0 Å². The second-order valence-electron chi connectivity index (χ2n) is 12.6. The molecule has 2 bridgehead atoms. The van der Waals surface area contributed by atoms with Gasteiger partial charge in [-0.15, -0.1) is 0 Å². The molecule has 2 saturated carbocycles. The summed E-state index contributed by atoms with van der Waals surface area (Å²) in [4.78, 5) is 0. The number of hydrogen-bond acceptors (Lipinski definition) is 2. The minimum Gasteiger partial charge on any atom is -0.324 e. The fraction of sp³-hybridized carbons (Fsp3) is 1.00. The highest BCUT2D eigenvalue weighted by Crippen LogP contribution is 2.63. The van der Waals surface area contributed by atoms with Crippen molar-refractivity contribution in [1.29, 1.82) is 0 Å². The quantitative estimate of drug-likeness (QED) is 0.378. The Labute approximate surface area is 175 Å². The monoisotopic (exact) mass is 428 g/mol. The second-order valence-corrected chi connectivity index (χ2v) is 19.5. The van der Waals surface area contributed by atoms with Crippen LogP contribution in [0.3, 0.4) is 0 Å². The molecular weight excluding hydrogens is 382 g/mol. The molecule has 0 unspecified atom stereocenters. The van der Waals surface area contributed by atoms with Crippen LogP contribution in [0.5, 0.6) is 0 Å². The van der Waals surface area contributed by atoms with Gasteiger partial charge in [0.15, 0.2) is 0 Å². The summed E-state index contributed by atoms with van der Waals surface area (Å²) in [5.74, 6) is 3.64. The lowest BCUT2D eigenvalue weighted by Gasteiger charge is -2.36. The summed E-state index contributed by atoms with van der Waals surface area (Å²) in [5.41, 5.74) is 0.476. The molecule has 1 saturated heterocycles. The molecule has 3 rings (SSSR count). The van der Waals surface area contributed by atoms with Gasteiger partial charge in [-0.25, -0.2) is 0 Å². The van der Waals surface area contributed by atoms with Crippen molar-refractivity contribution in [2.24, 2.45) is 46.3 Å². The first kappa shape index (κ1) is 23.1. The predicted molar refractivity (Wildman–Crippen MR) is 125 cm³/mol. The maximum Gasteiger partial charge on any atom is 0.0851 e. The highest BCUT2D eigenvalue weighted by molar-refractivity contribution is 7.63. The van der Waals surface area contributed by atoms with E-state index in [1.54, 1.807) is 0 Å². The van der Waals surface area contributed by atoms with Crippen LogP contribution in [0, 0.1) is 46.3 Å². The molecule has 28 heavy (non-hydrogen) atoms. The van der Waals surface area contributed by atoms with Crippen LogP contribution >= 0.6 is 14.3 Å². The van der Waals surface area contributed by atoms with Crippen LogP contribution in [-0.4, -0.2) is 38.0 Å². The Morgan fingerprint density at radius 3 is 1.89 bits per heavy atom. The van der Waals surface area contributed by atoms with Gasteiger partial charge in [-0.2, -0.15) is 0 Å². The third-order valence-corrected chi connectivity index (χ3v) is 14.6. The summed E-state index contributed by atoms with van der Waals surface area (Å²) in [7, 11) is -4.27. The molecule has 0 radical (unpaired) electrons. The normalized spacial score (nSPS) is 51.6. The Morgan fingerprint density at radius 1 is 0.750 bits per heavy atom. The average molecular weight is 429 g/mol. The molecule has 3 fully saturated rings. The fourth-order valence-electron chi connectivity index (χ4n) is 7.34. The van der Waals surface area contributed by atoms with Crippen LogP contribution in [0.1, 0.15) is 67.2 Å². The summed E-state index contributed by atoms with van der Waals surface area (Å²) in [6.07, 6.45) is 8.29. The van der Waals surface area contributed by atoms with Crippen LogP contribution in [0.4, 0.5) is 0 Å². The topological polar surface area (TPSA) is 34.1 Å². The first-order chi connectivity index (χ1) is 12.7. The molecule has 0 N–H and O–H groups in total. The SMILES string of the molecule is C[C@@H]1C[C@@H]2CC[P@@](C)(=O)C[C@@H]3[C@@H](CC[P@](C)(=O)C[C@@H]1C2(C)C)C[C@@H](C)C3(C)C. The molecule has 1 aliphatic heterocycles. The molecular formula is C24H46O2P2. The first-order valence-electron chi connectivity index (χ1n) is 11.8. The number of fused-ring (bicyclic) bond motifs is 3. The van der Waals surface area contributed by atoms with Crippen molar-refractivity contribution in [1.82, 2.24) is 0 Å². The molecule has 164 valence electrons. The van der Waals surface area contributed by atoms with Crippen molar-refractivity contribution in [3.05, 3.63) is 0 Å². The molecule has 2 aliphatic carbocycles. The van der Waals surface area contributed by atoms with Crippen molar-refractivity contribution in [3.8, 4) is 0 Å². The van der Waals surface area contributed by atoms with E-state index in [9.17, 15) is 9.13 Å². The minimum atomic E-state index is -2.14. The van der Waals surface area contributed by atoms with E-state index >= 15 is 0 Å². The lowest BCUT2D eigenvalue weighted by molar-refractivity contribution is 0.184. The van der Waals surface area contributed by atoms with Gasteiger partial charge in [-0.1, -0.05) is 41.5 Å². The summed E-state index contributed by atoms with van der Waals surface area (Å²) in [5, 5.41) is 0. The summed E-state index contributed by atoms with van der Waals surface area (Å²) >= 11 is 0. The van der Waals surface area contributed by atoms with Gasteiger partial charge in [-0.3, -0.25) is 0 Å². The zero-order valence-corrected chi connectivity index (χ0v) is 21.6. The van der Waals surface area contributed by atoms with Crippen LogP contribution in [0.2, 0.25) is 0 Å². The molecule has 0 spiro atoms. The molecule has 4 heteroatoms. The van der Waals surface area contributed by atoms with Crippen molar-refractivity contribution in [2.75, 3.05) is 38.0 Å². The standard InChI is InChI=1S/C24H46O2P2/c1-17-13-20-10-12-28(8,26)16-22-19(14-18(2)23(22,3)4)9-11-27(7,25)15-21(17)24(20,5)6/h17-22H,9-16H2,1-8H3/t17-,18-,19+,20+,21+,22-,27+,28-/m1/s1. The van der Waals surface area contributed by atoms with Crippen molar-refractivity contribution in [3.63, 3.8) is 0 Å². The Bertz CT molecular complexity index is 680. The molecule has 2 nitrogen and oxygen atoms in total. The Kier molecular flexibility index (Phi) is 6.24. The highest BCUT2D eigenvalue weighted by Gasteiger charge is 2.51. The average Bonchev–Trinajstić information content (AvgIpc) is 2.88. The van der Waals surface area contributed by atoms with E-state index in [4.69, 9.17) is 0 Å². The second kappa shape index (κ2) is 7.55. The minimum absolute atomic E-state index is 0.225. The Hall–Kier alpha value is 0.460. The molecule has 0 amide bonds. The molecule has 8 atom stereocenters. The van der Waals surface area contributed by atoms with E-state index < -0.39 is 14.3 Å². The molecule has 0 aromatic rings. The van der Waals surface area contributed by atoms with Crippen LogP contribution < -0.4 is 0 Å². The lowest BCUT2D eigenvalue weighted by atomic mass is 9.74.